The zero-order chi connectivity index (χ0) is 12.4. The van der Waals surface area contributed by atoms with Crippen LogP contribution in [-0.2, 0) is 13.5 Å². The highest BCUT2D eigenvalue weighted by molar-refractivity contribution is 5.64. The summed E-state index contributed by atoms with van der Waals surface area (Å²) in [6.45, 7) is 5.43. The molecular formula is C12H23N5. The monoisotopic (exact) mass is 237 g/mol. The summed E-state index contributed by atoms with van der Waals surface area (Å²) in [6.07, 6.45) is 2.15. The normalized spacial score (nSPS) is 21.0. The van der Waals surface area contributed by atoms with Crippen LogP contribution in [0.3, 0.4) is 0 Å². The molecule has 0 saturated carbocycles. The van der Waals surface area contributed by atoms with Gasteiger partial charge in [0, 0.05) is 20.1 Å². The first-order chi connectivity index (χ1) is 8.11. The fourth-order valence-corrected chi connectivity index (χ4v) is 2.50. The summed E-state index contributed by atoms with van der Waals surface area (Å²) in [7, 11) is 4.12. The molecule has 0 aliphatic carbocycles. The Morgan fingerprint density at radius 2 is 2.24 bits per heavy atom. The minimum atomic E-state index is 0.722. The predicted octanol–water partition coefficient (Wildman–Crippen LogP) is 0.928. The van der Waals surface area contributed by atoms with E-state index in [0.29, 0.717) is 0 Å². The van der Waals surface area contributed by atoms with Crippen LogP contribution in [0.15, 0.2) is 0 Å². The van der Waals surface area contributed by atoms with Gasteiger partial charge in [0.05, 0.1) is 11.4 Å². The highest BCUT2D eigenvalue weighted by atomic mass is 15.3. The van der Waals surface area contributed by atoms with Crippen molar-refractivity contribution in [1.82, 2.24) is 14.7 Å². The molecule has 5 nitrogen and oxygen atoms in total. The number of likely N-dealkylation sites (tertiary alicyclic amines) is 1. The molecule has 17 heavy (non-hydrogen) atoms. The van der Waals surface area contributed by atoms with Crippen LogP contribution in [0.1, 0.15) is 19.0 Å². The fourth-order valence-electron chi connectivity index (χ4n) is 2.50. The summed E-state index contributed by atoms with van der Waals surface area (Å²) >= 11 is 0. The maximum Gasteiger partial charge on any atom is 0.147 e. The topological polar surface area (TPSA) is 59.1 Å². The van der Waals surface area contributed by atoms with Gasteiger partial charge in [-0.25, -0.2) is 0 Å². The minimum absolute atomic E-state index is 0.722. The number of nitrogens with zero attached hydrogens (tertiary/aromatic N) is 3. The molecule has 0 radical (unpaired) electrons. The van der Waals surface area contributed by atoms with E-state index in [-0.39, 0.29) is 0 Å². The standard InChI is InChI=1S/C12H23N5/c1-4-10-11(13)12(17(3)15-10)14-7-9-5-6-16(2)8-9/h9,14H,4-8,13H2,1-3H3. The van der Waals surface area contributed by atoms with Crippen LogP contribution in [0.5, 0.6) is 0 Å². The molecule has 1 fully saturated rings. The maximum atomic E-state index is 6.07. The van der Waals surface area contributed by atoms with Crippen molar-refractivity contribution in [1.29, 1.82) is 0 Å². The molecule has 1 aromatic rings. The van der Waals surface area contributed by atoms with Crippen molar-refractivity contribution in [3.63, 3.8) is 0 Å². The molecule has 0 aromatic carbocycles. The van der Waals surface area contributed by atoms with Gasteiger partial charge in [-0.1, -0.05) is 6.92 Å². The molecular weight excluding hydrogens is 214 g/mol. The van der Waals surface area contributed by atoms with Crippen molar-refractivity contribution >= 4 is 11.5 Å². The largest absolute Gasteiger partial charge is 0.394 e. The van der Waals surface area contributed by atoms with Crippen molar-refractivity contribution in [2.45, 2.75) is 19.8 Å². The van der Waals surface area contributed by atoms with Gasteiger partial charge in [0.2, 0.25) is 0 Å². The van der Waals surface area contributed by atoms with Crippen LogP contribution < -0.4 is 11.1 Å². The van der Waals surface area contributed by atoms with E-state index < -0.39 is 0 Å². The Morgan fingerprint density at radius 1 is 1.47 bits per heavy atom. The van der Waals surface area contributed by atoms with E-state index in [1.807, 2.05) is 11.7 Å². The zero-order valence-electron chi connectivity index (χ0n) is 11.0. The average molecular weight is 237 g/mol. The number of hydrogen-bond donors (Lipinski definition) is 2. The number of anilines is 2. The second kappa shape index (κ2) is 4.96. The summed E-state index contributed by atoms with van der Waals surface area (Å²) in [5.41, 5.74) is 7.86. The second-order valence-electron chi connectivity index (χ2n) is 4.98. The van der Waals surface area contributed by atoms with E-state index in [4.69, 9.17) is 5.73 Å². The first-order valence-corrected chi connectivity index (χ1v) is 6.35. The van der Waals surface area contributed by atoms with Crippen LogP contribution in [-0.4, -0.2) is 41.4 Å². The Labute approximate surface area is 103 Å². The van der Waals surface area contributed by atoms with Gasteiger partial charge in [-0.2, -0.15) is 5.10 Å². The van der Waals surface area contributed by atoms with Gasteiger partial charge in [-0.15, -0.1) is 0 Å². The Morgan fingerprint density at radius 3 is 2.76 bits per heavy atom. The van der Waals surface area contributed by atoms with Gasteiger partial charge in [0.25, 0.3) is 0 Å². The lowest BCUT2D eigenvalue weighted by molar-refractivity contribution is 0.399. The summed E-state index contributed by atoms with van der Waals surface area (Å²) in [5.74, 6) is 1.69. The molecule has 1 aliphatic rings. The molecule has 2 heterocycles. The maximum absolute atomic E-state index is 6.07. The van der Waals surface area contributed by atoms with Gasteiger partial charge in [0.1, 0.15) is 5.82 Å². The van der Waals surface area contributed by atoms with E-state index in [2.05, 4.69) is 29.3 Å². The molecule has 2 rings (SSSR count). The lowest BCUT2D eigenvalue weighted by atomic mass is 10.1. The van der Waals surface area contributed by atoms with Crippen molar-refractivity contribution < 1.29 is 0 Å². The van der Waals surface area contributed by atoms with Gasteiger partial charge in [0.15, 0.2) is 0 Å². The lowest BCUT2D eigenvalue weighted by Gasteiger charge is -2.13. The highest BCUT2D eigenvalue weighted by Crippen LogP contribution is 2.23. The van der Waals surface area contributed by atoms with Gasteiger partial charge in [-0.3, -0.25) is 4.68 Å². The van der Waals surface area contributed by atoms with E-state index in [1.165, 1.54) is 19.5 Å². The molecule has 1 atom stereocenters. The zero-order valence-corrected chi connectivity index (χ0v) is 11.0. The molecule has 0 amide bonds. The van der Waals surface area contributed by atoms with E-state index in [0.717, 1.165) is 36.1 Å². The third kappa shape index (κ3) is 2.54. The molecule has 0 spiro atoms. The first kappa shape index (κ1) is 12.2. The second-order valence-corrected chi connectivity index (χ2v) is 4.98. The number of aryl methyl sites for hydroxylation is 2. The van der Waals surface area contributed by atoms with Gasteiger partial charge in [-0.05, 0) is 32.4 Å². The number of hydrogen-bond acceptors (Lipinski definition) is 4. The third-order valence-corrected chi connectivity index (χ3v) is 3.54. The average Bonchev–Trinajstić information content (AvgIpc) is 2.82. The Balaban J connectivity index is 1.97. The Bertz CT molecular complexity index is 384. The predicted molar refractivity (Wildman–Crippen MR) is 71.1 cm³/mol. The number of nitrogens with two attached hydrogens (primary N) is 1. The first-order valence-electron chi connectivity index (χ1n) is 6.35. The Kier molecular flexibility index (Phi) is 3.57. The van der Waals surface area contributed by atoms with Crippen LogP contribution in [0, 0.1) is 5.92 Å². The fraction of sp³-hybridized carbons (Fsp3) is 0.750. The molecule has 1 unspecified atom stereocenters. The number of aromatic nitrogens is 2. The van der Waals surface area contributed by atoms with E-state index >= 15 is 0 Å². The van der Waals surface area contributed by atoms with Crippen molar-refractivity contribution in [3.05, 3.63) is 5.69 Å². The molecule has 0 bridgehead atoms. The van der Waals surface area contributed by atoms with Crippen LogP contribution in [0.4, 0.5) is 11.5 Å². The van der Waals surface area contributed by atoms with Crippen molar-refractivity contribution in [2.24, 2.45) is 13.0 Å². The third-order valence-electron chi connectivity index (χ3n) is 3.54. The van der Waals surface area contributed by atoms with Crippen LogP contribution >= 0.6 is 0 Å². The van der Waals surface area contributed by atoms with Crippen LogP contribution in [0.2, 0.25) is 0 Å². The van der Waals surface area contributed by atoms with Crippen molar-refractivity contribution in [3.8, 4) is 0 Å². The molecule has 5 heteroatoms. The van der Waals surface area contributed by atoms with Crippen molar-refractivity contribution in [2.75, 3.05) is 37.7 Å². The highest BCUT2D eigenvalue weighted by Gasteiger charge is 2.20. The number of nitrogen functional groups attached to an aromatic ring is 1. The summed E-state index contributed by atoms with van der Waals surface area (Å²) in [5, 5.41) is 7.85. The smallest absolute Gasteiger partial charge is 0.147 e. The minimum Gasteiger partial charge on any atom is -0.394 e. The summed E-state index contributed by atoms with van der Waals surface area (Å²) in [6, 6.07) is 0. The summed E-state index contributed by atoms with van der Waals surface area (Å²) in [4.78, 5) is 2.37. The van der Waals surface area contributed by atoms with Gasteiger partial charge >= 0.3 is 0 Å². The summed E-state index contributed by atoms with van der Waals surface area (Å²) < 4.78 is 1.85. The Hall–Kier alpha value is -1.23. The molecule has 96 valence electrons. The molecule has 1 aromatic heterocycles. The number of nitrogens with one attached hydrogen (secondary N) is 1. The molecule has 1 aliphatic heterocycles. The van der Waals surface area contributed by atoms with Gasteiger partial charge < -0.3 is 16.0 Å². The molecule has 3 N–H and O–H groups in total. The SMILES string of the molecule is CCc1nn(C)c(NCC2CCN(C)C2)c1N. The lowest BCUT2D eigenvalue weighted by Crippen LogP contribution is -2.20. The molecule has 1 saturated heterocycles. The van der Waals surface area contributed by atoms with E-state index in [9.17, 15) is 0 Å². The van der Waals surface area contributed by atoms with E-state index in [1.54, 1.807) is 0 Å². The quantitative estimate of drug-likeness (QED) is 0.818. The number of rotatable bonds is 4. The van der Waals surface area contributed by atoms with Crippen LogP contribution in [0.25, 0.3) is 0 Å².